The molecule has 2 nitrogen and oxygen atoms in total. The summed E-state index contributed by atoms with van der Waals surface area (Å²) in [4.78, 5) is 12.9. The molecule has 0 aliphatic heterocycles. The van der Waals surface area contributed by atoms with Gasteiger partial charge >= 0.3 is 0 Å². The highest BCUT2D eigenvalue weighted by molar-refractivity contribution is 6.42. The molecule has 0 atom stereocenters. The Bertz CT molecular complexity index is 364. The molecule has 0 radical (unpaired) electrons. The minimum atomic E-state index is 0.112. The van der Waals surface area contributed by atoms with Crippen LogP contribution in [0.4, 0.5) is 0 Å². The Kier molecular flexibility index (Phi) is 4.43. The lowest BCUT2D eigenvalue weighted by atomic mass is 10.1. The van der Waals surface area contributed by atoms with E-state index in [9.17, 15) is 4.79 Å². The zero-order valence-corrected chi connectivity index (χ0v) is 10.3. The van der Waals surface area contributed by atoms with Crippen LogP contribution in [0.25, 0.3) is 0 Å². The lowest BCUT2D eigenvalue weighted by Gasteiger charge is -2.09. The van der Waals surface area contributed by atoms with Gasteiger partial charge in [-0.3, -0.25) is 4.79 Å². The molecule has 1 aromatic carbocycles. The van der Waals surface area contributed by atoms with E-state index >= 15 is 0 Å². The molecule has 0 aliphatic carbocycles. The number of carbonyl (C=O) groups excluding carboxylic acids is 1. The molecule has 82 valence electrons. The van der Waals surface area contributed by atoms with Gasteiger partial charge in [0.05, 0.1) is 10.0 Å². The average molecular weight is 246 g/mol. The second-order valence-corrected chi connectivity index (χ2v) is 4.35. The van der Waals surface area contributed by atoms with E-state index in [0.717, 1.165) is 5.56 Å². The number of benzene rings is 1. The van der Waals surface area contributed by atoms with E-state index in [1.54, 1.807) is 31.1 Å². The van der Waals surface area contributed by atoms with E-state index in [1.165, 1.54) is 0 Å². The normalized spacial score (nSPS) is 10.1. The molecule has 0 aliphatic rings. The van der Waals surface area contributed by atoms with Gasteiger partial charge in [-0.25, -0.2) is 0 Å². The van der Waals surface area contributed by atoms with Gasteiger partial charge in [0.1, 0.15) is 0 Å². The fourth-order valence-electron chi connectivity index (χ4n) is 1.17. The van der Waals surface area contributed by atoms with Crippen molar-refractivity contribution in [3.05, 3.63) is 33.8 Å². The van der Waals surface area contributed by atoms with Crippen LogP contribution in [0.5, 0.6) is 0 Å². The van der Waals surface area contributed by atoms with Gasteiger partial charge in [-0.15, -0.1) is 0 Å². The maximum absolute atomic E-state index is 11.3. The SMILES string of the molecule is CN(C)C(=O)CCc1ccc(Cl)c(Cl)c1. The summed E-state index contributed by atoms with van der Waals surface area (Å²) in [6.07, 6.45) is 1.18. The van der Waals surface area contributed by atoms with Crippen molar-refractivity contribution in [2.45, 2.75) is 12.8 Å². The molecular formula is C11H13Cl2NO. The van der Waals surface area contributed by atoms with Crippen molar-refractivity contribution in [1.29, 1.82) is 0 Å². The number of hydrogen-bond acceptors (Lipinski definition) is 1. The zero-order valence-electron chi connectivity index (χ0n) is 8.76. The molecule has 0 fully saturated rings. The van der Waals surface area contributed by atoms with Gasteiger partial charge in [0.2, 0.25) is 5.91 Å². The van der Waals surface area contributed by atoms with Crippen LogP contribution in [0.3, 0.4) is 0 Å². The molecule has 0 bridgehead atoms. The molecule has 0 aromatic heterocycles. The second-order valence-electron chi connectivity index (χ2n) is 3.54. The average Bonchev–Trinajstić information content (AvgIpc) is 2.19. The number of nitrogens with zero attached hydrogens (tertiary/aromatic N) is 1. The Balaban J connectivity index is 2.58. The Morgan fingerprint density at radius 1 is 1.27 bits per heavy atom. The molecule has 1 aromatic rings. The van der Waals surface area contributed by atoms with Gasteiger partial charge in [-0.05, 0) is 24.1 Å². The Labute approximate surface area is 99.8 Å². The lowest BCUT2D eigenvalue weighted by Crippen LogP contribution is -2.21. The summed E-state index contributed by atoms with van der Waals surface area (Å²) in [5.74, 6) is 0.112. The summed E-state index contributed by atoms with van der Waals surface area (Å²) in [5, 5.41) is 1.07. The van der Waals surface area contributed by atoms with Crippen LogP contribution in [-0.4, -0.2) is 24.9 Å². The predicted octanol–water partition coefficient (Wildman–Crippen LogP) is 3.01. The number of halogens is 2. The highest BCUT2D eigenvalue weighted by Gasteiger charge is 2.05. The number of rotatable bonds is 3. The minimum absolute atomic E-state index is 0.112. The topological polar surface area (TPSA) is 20.3 Å². The molecule has 1 amide bonds. The van der Waals surface area contributed by atoms with Crippen molar-refractivity contribution in [1.82, 2.24) is 4.90 Å². The summed E-state index contributed by atoms with van der Waals surface area (Å²) in [6, 6.07) is 5.43. The van der Waals surface area contributed by atoms with Crippen LogP contribution >= 0.6 is 23.2 Å². The molecule has 0 saturated carbocycles. The lowest BCUT2D eigenvalue weighted by molar-refractivity contribution is -0.128. The molecular weight excluding hydrogens is 233 g/mol. The van der Waals surface area contributed by atoms with Crippen molar-refractivity contribution >= 4 is 29.1 Å². The van der Waals surface area contributed by atoms with E-state index in [1.807, 2.05) is 6.07 Å². The second kappa shape index (κ2) is 5.38. The predicted molar refractivity (Wildman–Crippen MR) is 63.5 cm³/mol. The third-order valence-corrected chi connectivity index (χ3v) is 2.85. The van der Waals surface area contributed by atoms with Gasteiger partial charge in [0.25, 0.3) is 0 Å². The monoisotopic (exact) mass is 245 g/mol. The molecule has 0 heterocycles. The van der Waals surface area contributed by atoms with Gasteiger partial charge in [0.15, 0.2) is 0 Å². The number of aryl methyl sites for hydroxylation is 1. The van der Waals surface area contributed by atoms with Gasteiger partial charge in [-0.2, -0.15) is 0 Å². The van der Waals surface area contributed by atoms with Gasteiger partial charge in [-0.1, -0.05) is 29.3 Å². The quantitative estimate of drug-likeness (QED) is 0.802. The molecule has 15 heavy (non-hydrogen) atoms. The van der Waals surface area contributed by atoms with Crippen molar-refractivity contribution in [3.63, 3.8) is 0 Å². The molecule has 0 N–H and O–H groups in total. The standard InChI is InChI=1S/C11H13Cl2NO/c1-14(2)11(15)6-4-8-3-5-9(12)10(13)7-8/h3,5,7H,4,6H2,1-2H3. The van der Waals surface area contributed by atoms with Crippen LogP contribution in [0.15, 0.2) is 18.2 Å². The maximum atomic E-state index is 11.3. The largest absolute Gasteiger partial charge is 0.349 e. The third kappa shape index (κ3) is 3.73. The summed E-state index contributed by atoms with van der Waals surface area (Å²) < 4.78 is 0. The van der Waals surface area contributed by atoms with Crippen LogP contribution < -0.4 is 0 Å². The van der Waals surface area contributed by atoms with Crippen molar-refractivity contribution in [3.8, 4) is 0 Å². The first-order valence-corrected chi connectivity index (χ1v) is 5.40. The summed E-state index contributed by atoms with van der Waals surface area (Å²) in [5.41, 5.74) is 1.03. The fraction of sp³-hybridized carbons (Fsp3) is 0.364. The van der Waals surface area contributed by atoms with E-state index in [2.05, 4.69) is 0 Å². The maximum Gasteiger partial charge on any atom is 0.222 e. The van der Waals surface area contributed by atoms with Crippen LogP contribution in [-0.2, 0) is 11.2 Å². The van der Waals surface area contributed by atoms with Gasteiger partial charge in [0, 0.05) is 20.5 Å². The van der Waals surface area contributed by atoms with E-state index in [0.29, 0.717) is 22.9 Å². The third-order valence-electron chi connectivity index (χ3n) is 2.11. The number of carbonyl (C=O) groups is 1. The minimum Gasteiger partial charge on any atom is -0.349 e. The summed E-state index contributed by atoms with van der Waals surface area (Å²) in [7, 11) is 3.49. The molecule has 4 heteroatoms. The van der Waals surface area contributed by atoms with Crippen molar-refractivity contribution in [2.75, 3.05) is 14.1 Å². The van der Waals surface area contributed by atoms with Crippen LogP contribution in [0, 0.1) is 0 Å². The van der Waals surface area contributed by atoms with Crippen molar-refractivity contribution < 1.29 is 4.79 Å². The molecule has 0 spiro atoms. The Morgan fingerprint density at radius 3 is 2.47 bits per heavy atom. The first-order chi connectivity index (χ1) is 7.00. The van der Waals surface area contributed by atoms with Crippen LogP contribution in [0.1, 0.15) is 12.0 Å². The van der Waals surface area contributed by atoms with Gasteiger partial charge < -0.3 is 4.90 Å². The first kappa shape index (κ1) is 12.3. The van der Waals surface area contributed by atoms with E-state index in [-0.39, 0.29) is 5.91 Å². The number of amides is 1. The summed E-state index contributed by atoms with van der Waals surface area (Å²) >= 11 is 11.7. The Morgan fingerprint density at radius 2 is 1.93 bits per heavy atom. The first-order valence-electron chi connectivity index (χ1n) is 4.65. The number of hydrogen-bond donors (Lipinski definition) is 0. The van der Waals surface area contributed by atoms with E-state index < -0.39 is 0 Å². The fourth-order valence-corrected chi connectivity index (χ4v) is 1.49. The molecule has 0 saturated heterocycles. The van der Waals surface area contributed by atoms with E-state index in [4.69, 9.17) is 23.2 Å². The Hall–Kier alpha value is -0.730. The van der Waals surface area contributed by atoms with Crippen molar-refractivity contribution in [2.24, 2.45) is 0 Å². The molecule has 1 rings (SSSR count). The smallest absolute Gasteiger partial charge is 0.222 e. The zero-order chi connectivity index (χ0) is 11.4. The van der Waals surface area contributed by atoms with Crippen LogP contribution in [0.2, 0.25) is 10.0 Å². The summed E-state index contributed by atoms with van der Waals surface area (Å²) in [6.45, 7) is 0. The molecule has 0 unspecified atom stereocenters. The highest BCUT2D eigenvalue weighted by atomic mass is 35.5. The highest BCUT2D eigenvalue weighted by Crippen LogP contribution is 2.23.